The highest BCUT2D eigenvalue weighted by Crippen LogP contribution is 2.68. The van der Waals surface area contributed by atoms with Gasteiger partial charge in [-0.05, 0) is 17.3 Å². The van der Waals surface area contributed by atoms with Crippen molar-refractivity contribution in [3.8, 4) is 0 Å². The van der Waals surface area contributed by atoms with Crippen molar-refractivity contribution in [3.63, 3.8) is 0 Å². The molecule has 17 heavy (non-hydrogen) atoms. The number of hydrogen-bond donors (Lipinski definition) is 1. The Balaban J connectivity index is 2.07. The lowest BCUT2D eigenvalue weighted by Gasteiger charge is -2.38. The van der Waals surface area contributed by atoms with Gasteiger partial charge in [0.05, 0.1) is 6.04 Å². The van der Waals surface area contributed by atoms with Gasteiger partial charge in [0, 0.05) is 25.6 Å². The minimum atomic E-state index is 0.160. The molecule has 1 aliphatic heterocycles. The Morgan fingerprint density at radius 2 is 1.76 bits per heavy atom. The fourth-order valence-corrected chi connectivity index (χ4v) is 3.19. The van der Waals surface area contributed by atoms with Crippen LogP contribution in [0.15, 0.2) is 0 Å². The first-order valence-electron chi connectivity index (χ1n) is 6.85. The molecule has 0 bridgehead atoms. The third-order valence-electron chi connectivity index (χ3n) is 5.22. The minimum absolute atomic E-state index is 0.160. The highest BCUT2D eigenvalue weighted by Gasteiger charge is 2.69. The summed E-state index contributed by atoms with van der Waals surface area (Å²) in [5.41, 5.74) is 0.320. The van der Waals surface area contributed by atoms with Crippen molar-refractivity contribution in [1.29, 1.82) is 0 Å². The molecule has 0 aromatic carbocycles. The van der Waals surface area contributed by atoms with E-state index in [2.05, 4.69) is 44.8 Å². The SMILES string of the molecule is CCCN(C(=O)C1C(C)(C)C1(C)C)C1CNC1. The molecule has 1 saturated carbocycles. The van der Waals surface area contributed by atoms with Gasteiger partial charge in [-0.25, -0.2) is 0 Å². The summed E-state index contributed by atoms with van der Waals surface area (Å²) in [5.74, 6) is 0.593. The van der Waals surface area contributed by atoms with Crippen LogP contribution in [-0.4, -0.2) is 36.5 Å². The van der Waals surface area contributed by atoms with Crippen LogP contribution in [0.2, 0.25) is 0 Å². The molecule has 0 unspecified atom stereocenters. The molecular formula is C14H26N2O. The monoisotopic (exact) mass is 238 g/mol. The Bertz CT molecular complexity index is 304. The molecule has 2 rings (SSSR count). The van der Waals surface area contributed by atoms with Crippen molar-refractivity contribution in [2.24, 2.45) is 16.7 Å². The second kappa shape index (κ2) is 3.98. The lowest BCUT2D eigenvalue weighted by atomic mass is 10.0. The molecule has 0 atom stereocenters. The largest absolute Gasteiger partial charge is 0.337 e. The van der Waals surface area contributed by atoms with Gasteiger partial charge in [0.25, 0.3) is 0 Å². The van der Waals surface area contributed by atoms with Crippen molar-refractivity contribution in [1.82, 2.24) is 10.2 Å². The van der Waals surface area contributed by atoms with Crippen molar-refractivity contribution in [2.75, 3.05) is 19.6 Å². The van der Waals surface area contributed by atoms with Gasteiger partial charge in [0.1, 0.15) is 0 Å². The van der Waals surface area contributed by atoms with Crippen molar-refractivity contribution in [3.05, 3.63) is 0 Å². The van der Waals surface area contributed by atoms with E-state index < -0.39 is 0 Å². The lowest BCUT2D eigenvalue weighted by molar-refractivity contribution is -0.137. The Hall–Kier alpha value is -0.570. The summed E-state index contributed by atoms with van der Waals surface area (Å²) in [6.07, 6.45) is 1.05. The number of amides is 1. The van der Waals surface area contributed by atoms with Crippen LogP contribution in [0.5, 0.6) is 0 Å². The maximum Gasteiger partial charge on any atom is 0.227 e. The van der Waals surface area contributed by atoms with Crippen LogP contribution in [-0.2, 0) is 4.79 Å². The van der Waals surface area contributed by atoms with Gasteiger partial charge in [-0.1, -0.05) is 34.6 Å². The third-order valence-corrected chi connectivity index (χ3v) is 5.22. The van der Waals surface area contributed by atoms with Gasteiger partial charge in [-0.3, -0.25) is 4.79 Å². The first-order chi connectivity index (χ1) is 7.84. The number of carbonyl (C=O) groups excluding carboxylic acids is 1. The zero-order chi connectivity index (χ0) is 12.8. The number of nitrogens with zero attached hydrogens (tertiary/aromatic N) is 1. The average Bonchev–Trinajstić information content (AvgIpc) is 2.53. The molecule has 0 aromatic heterocycles. The highest BCUT2D eigenvalue weighted by atomic mass is 16.2. The number of rotatable bonds is 4. The summed E-state index contributed by atoms with van der Waals surface area (Å²) in [5, 5.41) is 3.26. The quantitative estimate of drug-likeness (QED) is 0.811. The summed E-state index contributed by atoms with van der Waals surface area (Å²) in [7, 11) is 0. The summed E-state index contributed by atoms with van der Waals surface area (Å²) >= 11 is 0. The molecule has 0 aromatic rings. The molecule has 1 saturated heterocycles. The van der Waals surface area contributed by atoms with Gasteiger partial charge >= 0.3 is 0 Å². The topological polar surface area (TPSA) is 32.3 Å². The summed E-state index contributed by atoms with van der Waals surface area (Å²) < 4.78 is 0. The third kappa shape index (κ3) is 1.79. The normalized spacial score (nSPS) is 26.4. The van der Waals surface area contributed by atoms with Crippen LogP contribution < -0.4 is 5.32 Å². The molecule has 1 amide bonds. The van der Waals surface area contributed by atoms with E-state index in [1.165, 1.54) is 0 Å². The Morgan fingerprint density at radius 3 is 2.06 bits per heavy atom. The molecule has 98 valence electrons. The number of hydrogen-bond acceptors (Lipinski definition) is 2. The maximum absolute atomic E-state index is 12.7. The standard InChI is InChI=1S/C14H26N2O/c1-6-7-16(10-8-15-9-10)12(17)11-13(2,3)14(11,4)5/h10-11,15H,6-9H2,1-5H3. The van der Waals surface area contributed by atoms with Gasteiger partial charge in [-0.15, -0.1) is 0 Å². The molecule has 1 heterocycles. The predicted octanol–water partition coefficient (Wildman–Crippen LogP) is 1.88. The summed E-state index contributed by atoms with van der Waals surface area (Å²) in [6, 6.07) is 0.439. The van der Waals surface area contributed by atoms with Crippen LogP contribution in [0.3, 0.4) is 0 Å². The second-order valence-electron chi connectivity index (χ2n) is 6.72. The highest BCUT2D eigenvalue weighted by molar-refractivity contribution is 5.84. The maximum atomic E-state index is 12.7. The second-order valence-corrected chi connectivity index (χ2v) is 6.72. The van der Waals surface area contributed by atoms with Gasteiger partial charge in [-0.2, -0.15) is 0 Å². The van der Waals surface area contributed by atoms with E-state index in [-0.39, 0.29) is 16.7 Å². The fraction of sp³-hybridized carbons (Fsp3) is 0.929. The first-order valence-corrected chi connectivity index (χ1v) is 6.85. The van der Waals surface area contributed by atoms with Gasteiger partial charge < -0.3 is 10.2 Å². The van der Waals surface area contributed by atoms with Crippen LogP contribution in [0.1, 0.15) is 41.0 Å². The zero-order valence-electron chi connectivity index (χ0n) is 11.8. The van der Waals surface area contributed by atoms with Crippen LogP contribution in [0.25, 0.3) is 0 Å². The van der Waals surface area contributed by atoms with Crippen LogP contribution >= 0.6 is 0 Å². The lowest BCUT2D eigenvalue weighted by Crippen LogP contribution is -2.59. The smallest absolute Gasteiger partial charge is 0.227 e. The fourth-order valence-electron chi connectivity index (χ4n) is 3.19. The molecular weight excluding hydrogens is 212 g/mol. The predicted molar refractivity (Wildman–Crippen MR) is 69.7 cm³/mol. The molecule has 0 radical (unpaired) electrons. The van der Waals surface area contributed by atoms with Gasteiger partial charge in [0.2, 0.25) is 5.91 Å². The number of nitrogens with one attached hydrogen (secondary N) is 1. The molecule has 1 N–H and O–H groups in total. The Morgan fingerprint density at radius 1 is 1.24 bits per heavy atom. The Kier molecular flexibility index (Phi) is 3.01. The van der Waals surface area contributed by atoms with E-state index in [9.17, 15) is 4.79 Å². The van der Waals surface area contributed by atoms with E-state index in [0.717, 1.165) is 26.1 Å². The van der Waals surface area contributed by atoms with E-state index in [0.29, 0.717) is 11.9 Å². The summed E-state index contributed by atoms with van der Waals surface area (Å²) in [6.45, 7) is 13.9. The van der Waals surface area contributed by atoms with Crippen molar-refractivity contribution < 1.29 is 4.79 Å². The average molecular weight is 238 g/mol. The van der Waals surface area contributed by atoms with Crippen molar-refractivity contribution >= 4 is 5.91 Å². The molecule has 2 aliphatic rings. The molecule has 0 spiro atoms. The Labute approximate surface area is 105 Å². The zero-order valence-corrected chi connectivity index (χ0v) is 11.8. The van der Waals surface area contributed by atoms with Gasteiger partial charge in [0.15, 0.2) is 0 Å². The van der Waals surface area contributed by atoms with Crippen molar-refractivity contribution in [2.45, 2.75) is 47.1 Å². The molecule has 1 aliphatic carbocycles. The van der Waals surface area contributed by atoms with E-state index in [4.69, 9.17) is 0 Å². The summed E-state index contributed by atoms with van der Waals surface area (Å²) in [4.78, 5) is 14.8. The first kappa shape index (κ1) is 12.9. The molecule has 2 fully saturated rings. The molecule has 3 heteroatoms. The van der Waals surface area contributed by atoms with E-state index >= 15 is 0 Å². The van der Waals surface area contributed by atoms with Crippen LogP contribution in [0, 0.1) is 16.7 Å². The van der Waals surface area contributed by atoms with E-state index in [1.807, 2.05) is 0 Å². The van der Waals surface area contributed by atoms with Crippen LogP contribution in [0.4, 0.5) is 0 Å². The minimum Gasteiger partial charge on any atom is -0.337 e. The number of carbonyl (C=O) groups is 1. The van der Waals surface area contributed by atoms with E-state index in [1.54, 1.807) is 0 Å². The molecule has 3 nitrogen and oxygen atoms in total.